The molecule has 2 aromatic carbocycles. The van der Waals surface area contributed by atoms with E-state index in [2.05, 4.69) is 4.72 Å². The Labute approximate surface area is 175 Å². The van der Waals surface area contributed by atoms with E-state index < -0.39 is 10.0 Å². The summed E-state index contributed by atoms with van der Waals surface area (Å²) in [6.45, 7) is 0.734. The van der Waals surface area contributed by atoms with Crippen LogP contribution < -0.4 is 4.72 Å². The van der Waals surface area contributed by atoms with E-state index in [1.54, 1.807) is 12.1 Å². The van der Waals surface area contributed by atoms with Gasteiger partial charge in [0.15, 0.2) is 0 Å². The second-order valence-electron chi connectivity index (χ2n) is 6.78. The van der Waals surface area contributed by atoms with Gasteiger partial charge in [0.25, 0.3) is 0 Å². The van der Waals surface area contributed by atoms with Crippen molar-refractivity contribution < 1.29 is 13.2 Å². The first-order valence-electron chi connectivity index (χ1n) is 9.15. The zero-order chi connectivity index (χ0) is 20.1. The van der Waals surface area contributed by atoms with Gasteiger partial charge in [0, 0.05) is 35.6 Å². The second kappa shape index (κ2) is 9.27. The summed E-state index contributed by atoms with van der Waals surface area (Å²) in [5, 5.41) is 1.05. The summed E-state index contributed by atoms with van der Waals surface area (Å²) in [4.78, 5) is 14.6. The highest BCUT2D eigenvalue weighted by molar-refractivity contribution is 7.89. The molecule has 0 radical (unpaired) electrons. The number of nitrogens with zero attached hydrogens (tertiary/aromatic N) is 1. The van der Waals surface area contributed by atoms with Crippen molar-refractivity contribution >= 4 is 39.1 Å². The largest absolute Gasteiger partial charge is 0.339 e. The number of nitrogens with one attached hydrogen (secondary N) is 1. The third-order valence-electron chi connectivity index (χ3n) is 4.85. The van der Waals surface area contributed by atoms with Gasteiger partial charge in [0.05, 0.1) is 4.90 Å². The van der Waals surface area contributed by atoms with Crippen molar-refractivity contribution in [2.75, 3.05) is 13.1 Å². The Morgan fingerprint density at radius 1 is 1.14 bits per heavy atom. The number of rotatable bonds is 7. The number of hydrogen-bond acceptors (Lipinski definition) is 3. The number of carbonyl (C=O) groups is 1. The fraction of sp³-hybridized carbons (Fsp3) is 0.350. The Kier molecular flexibility index (Phi) is 6.99. The van der Waals surface area contributed by atoms with Gasteiger partial charge in [-0.15, -0.1) is 0 Å². The highest BCUT2D eigenvalue weighted by atomic mass is 35.5. The van der Waals surface area contributed by atoms with Gasteiger partial charge in [-0.25, -0.2) is 13.1 Å². The van der Waals surface area contributed by atoms with E-state index in [4.69, 9.17) is 23.2 Å². The fourth-order valence-electron chi connectivity index (χ4n) is 3.45. The van der Waals surface area contributed by atoms with E-state index in [0.29, 0.717) is 23.0 Å². The van der Waals surface area contributed by atoms with Crippen LogP contribution in [0, 0.1) is 0 Å². The zero-order valence-corrected chi connectivity index (χ0v) is 17.6. The molecule has 1 fully saturated rings. The van der Waals surface area contributed by atoms with Gasteiger partial charge in [-0.3, -0.25) is 4.79 Å². The van der Waals surface area contributed by atoms with Crippen molar-refractivity contribution in [2.24, 2.45) is 0 Å². The molecule has 8 heteroatoms. The Hall–Kier alpha value is -1.60. The number of carbonyl (C=O) groups excluding carboxylic acids is 1. The SMILES string of the molecule is O=C(CCNS(=O)(=O)c1cccc(Cl)c1)N1CCCC1Cc1ccccc1Cl. The van der Waals surface area contributed by atoms with Gasteiger partial charge in [-0.2, -0.15) is 0 Å². The van der Waals surface area contributed by atoms with Gasteiger partial charge in [-0.1, -0.05) is 47.5 Å². The minimum Gasteiger partial charge on any atom is -0.339 e. The summed E-state index contributed by atoms with van der Waals surface area (Å²) >= 11 is 12.1. The van der Waals surface area contributed by atoms with Crippen LogP contribution in [0.1, 0.15) is 24.8 Å². The second-order valence-corrected chi connectivity index (χ2v) is 9.39. The lowest BCUT2D eigenvalue weighted by molar-refractivity contribution is -0.131. The van der Waals surface area contributed by atoms with Gasteiger partial charge in [-0.05, 0) is 49.1 Å². The lowest BCUT2D eigenvalue weighted by Crippen LogP contribution is -2.38. The number of halogens is 2. The molecule has 150 valence electrons. The molecule has 5 nitrogen and oxygen atoms in total. The minimum absolute atomic E-state index is 0.0446. The monoisotopic (exact) mass is 440 g/mol. The molecule has 1 aliphatic heterocycles. The Bertz CT molecular complexity index is 950. The molecule has 1 unspecified atom stereocenters. The van der Waals surface area contributed by atoms with Crippen LogP contribution in [0.15, 0.2) is 53.4 Å². The Balaban J connectivity index is 1.56. The first kappa shape index (κ1) is 21.1. The molecule has 1 saturated heterocycles. The topological polar surface area (TPSA) is 66.5 Å². The average Bonchev–Trinajstić information content (AvgIpc) is 3.12. The Morgan fingerprint density at radius 2 is 1.93 bits per heavy atom. The van der Waals surface area contributed by atoms with E-state index in [1.807, 2.05) is 29.2 Å². The number of likely N-dealkylation sites (tertiary alicyclic amines) is 1. The van der Waals surface area contributed by atoms with E-state index in [1.165, 1.54) is 12.1 Å². The Morgan fingerprint density at radius 3 is 2.68 bits per heavy atom. The smallest absolute Gasteiger partial charge is 0.240 e. The van der Waals surface area contributed by atoms with E-state index >= 15 is 0 Å². The molecule has 0 bridgehead atoms. The number of benzene rings is 2. The molecule has 0 saturated carbocycles. The number of amides is 1. The highest BCUT2D eigenvalue weighted by Gasteiger charge is 2.29. The number of sulfonamides is 1. The van der Waals surface area contributed by atoms with Crippen molar-refractivity contribution in [1.29, 1.82) is 0 Å². The number of hydrogen-bond donors (Lipinski definition) is 1. The van der Waals surface area contributed by atoms with Crippen LogP contribution in [0.3, 0.4) is 0 Å². The van der Waals surface area contributed by atoms with Gasteiger partial charge in [0.1, 0.15) is 0 Å². The molecule has 1 heterocycles. The van der Waals surface area contributed by atoms with Crippen molar-refractivity contribution in [2.45, 2.75) is 36.6 Å². The van der Waals surface area contributed by atoms with Crippen molar-refractivity contribution in [3.8, 4) is 0 Å². The molecule has 1 N–H and O–H groups in total. The van der Waals surface area contributed by atoms with Gasteiger partial charge < -0.3 is 4.90 Å². The molecule has 1 amide bonds. The van der Waals surface area contributed by atoms with Crippen molar-refractivity contribution in [3.63, 3.8) is 0 Å². The van der Waals surface area contributed by atoms with Crippen LogP contribution in [0.4, 0.5) is 0 Å². The summed E-state index contributed by atoms with van der Waals surface area (Å²) in [7, 11) is -3.69. The van der Waals surface area contributed by atoms with Crippen LogP contribution in [0.5, 0.6) is 0 Å². The van der Waals surface area contributed by atoms with Crippen LogP contribution in [-0.2, 0) is 21.2 Å². The van der Waals surface area contributed by atoms with Crippen LogP contribution >= 0.6 is 23.2 Å². The molecule has 1 atom stereocenters. The van der Waals surface area contributed by atoms with Crippen LogP contribution in [0.25, 0.3) is 0 Å². The molecule has 3 rings (SSSR count). The van der Waals surface area contributed by atoms with E-state index in [-0.39, 0.29) is 29.8 Å². The first-order chi connectivity index (χ1) is 13.4. The average molecular weight is 441 g/mol. The lowest BCUT2D eigenvalue weighted by Gasteiger charge is -2.25. The quantitative estimate of drug-likeness (QED) is 0.709. The lowest BCUT2D eigenvalue weighted by atomic mass is 10.0. The standard InChI is InChI=1S/C20H22Cl2N2O3S/c21-16-6-3-8-18(14-16)28(26,27)23-11-10-20(25)24-12-4-7-17(24)13-15-5-1-2-9-19(15)22/h1-3,5-6,8-9,14,17,23H,4,7,10-13H2. The summed E-state index contributed by atoms with van der Waals surface area (Å²) in [6.07, 6.45) is 2.68. The molecule has 28 heavy (non-hydrogen) atoms. The summed E-state index contributed by atoms with van der Waals surface area (Å²) < 4.78 is 27.1. The third kappa shape index (κ3) is 5.26. The molecule has 1 aliphatic rings. The molecule has 0 aromatic heterocycles. The van der Waals surface area contributed by atoms with Crippen molar-refractivity contribution in [3.05, 3.63) is 64.1 Å². The maximum absolute atomic E-state index is 12.6. The summed E-state index contributed by atoms with van der Waals surface area (Å²) in [6, 6.07) is 13.8. The molecule has 2 aromatic rings. The zero-order valence-electron chi connectivity index (χ0n) is 15.3. The van der Waals surface area contributed by atoms with E-state index in [9.17, 15) is 13.2 Å². The maximum Gasteiger partial charge on any atom is 0.240 e. The third-order valence-corrected chi connectivity index (χ3v) is 6.91. The van der Waals surface area contributed by atoms with Crippen LogP contribution in [0.2, 0.25) is 10.0 Å². The predicted molar refractivity (Wildman–Crippen MR) is 111 cm³/mol. The maximum atomic E-state index is 12.6. The minimum atomic E-state index is -3.69. The molecular formula is C20H22Cl2N2O3S. The summed E-state index contributed by atoms with van der Waals surface area (Å²) in [5.74, 6) is -0.0525. The highest BCUT2D eigenvalue weighted by Crippen LogP contribution is 2.25. The van der Waals surface area contributed by atoms with Crippen molar-refractivity contribution in [1.82, 2.24) is 9.62 Å². The fourth-order valence-corrected chi connectivity index (χ4v) is 4.99. The molecule has 0 spiro atoms. The molecular weight excluding hydrogens is 419 g/mol. The first-order valence-corrected chi connectivity index (χ1v) is 11.4. The summed E-state index contributed by atoms with van der Waals surface area (Å²) in [5.41, 5.74) is 1.02. The van der Waals surface area contributed by atoms with E-state index in [0.717, 1.165) is 18.4 Å². The van der Waals surface area contributed by atoms with Crippen LogP contribution in [-0.4, -0.2) is 38.4 Å². The van der Waals surface area contributed by atoms with Gasteiger partial charge >= 0.3 is 0 Å². The predicted octanol–water partition coefficient (Wildman–Crippen LogP) is 3.90. The van der Waals surface area contributed by atoms with Gasteiger partial charge in [0.2, 0.25) is 15.9 Å². The molecule has 0 aliphatic carbocycles. The normalized spacial score (nSPS) is 17.1.